The normalized spacial score (nSPS) is 10.4. The van der Waals surface area contributed by atoms with Crippen LogP contribution in [0.15, 0.2) is 42.5 Å². The third-order valence-electron chi connectivity index (χ3n) is 2.66. The Kier molecular flexibility index (Phi) is 3.19. The number of benzene rings is 2. The van der Waals surface area contributed by atoms with Crippen molar-refractivity contribution in [2.75, 3.05) is 0 Å². The van der Waals surface area contributed by atoms with Crippen LogP contribution in [0.25, 0.3) is 0 Å². The largest absolute Gasteiger partial charge is 0.508 e. The maximum atomic E-state index is 9.61. The molecule has 3 N–H and O–H groups in total. The first-order valence-corrected chi connectivity index (χ1v) is 5.44. The summed E-state index contributed by atoms with van der Waals surface area (Å²) in [5.41, 5.74) is 1.80. The molecule has 0 aliphatic rings. The molecule has 3 nitrogen and oxygen atoms in total. The number of phenols is 3. The average molecular weight is 230 g/mol. The highest BCUT2D eigenvalue weighted by molar-refractivity contribution is 5.39. The lowest BCUT2D eigenvalue weighted by Crippen LogP contribution is -1.91. The Bertz CT molecular complexity index is 521. The molecular weight excluding hydrogens is 216 g/mol. The van der Waals surface area contributed by atoms with Gasteiger partial charge in [0.05, 0.1) is 0 Å². The minimum Gasteiger partial charge on any atom is -0.508 e. The predicted octanol–water partition coefficient (Wildman–Crippen LogP) is 2.59. The van der Waals surface area contributed by atoms with Gasteiger partial charge in [0.2, 0.25) is 0 Å². The molecule has 3 heteroatoms. The number of aromatic hydroxyl groups is 3. The van der Waals surface area contributed by atoms with Crippen molar-refractivity contribution < 1.29 is 15.3 Å². The lowest BCUT2D eigenvalue weighted by atomic mass is 10.0. The summed E-state index contributed by atoms with van der Waals surface area (Å²) >= 11 is 0. The van der Waals surface area contributed by atoms with Gasteiger partial charge in [-0.25, -0.2) is 0 Å². The van der Waals surface area contributed by atoms with Crippen molar-refractivity contribution in [2.45, 2.75) is 12.8 Å². The van der Waals surface area contributed by atoms with E-state index in [1.54, 1.807) is 30.3 Å². The summed E-state index contributed by atoms with van der Waals surface area (Å²) in [6.45, 7) is 0. The fraction of sp³-hybridized carbons (Fsp3) is 0.143. The molecule has 2 aromatic carbocycles. The maximum absolute atomic E-state index is 9.61. The first kappa shape index (κ1) is 11.3. The van der Waals surface area contributed by atoms with Crippen LogP contribution in [0, 0.1) is 0 Å². The van der Waals surface area contributed by atoms with Crippen LogP contribution < -0.4 is 0 Å². The van der Waals surface area contributed by atoms with Crippen LogP contribution in [0.4, 0.5) is 0 Å². The van der Waals surface area contributed by atoms with Crippen molar-refractivity contribution in [3.8, 4) is 17.2 Å². The Balaban J connectivity index is 2.07. The fourth-order valence-electron chi connectivity index (χ4n) is 1.75. The lowest BCUT2D eigenvalue weighted by Gasteiger charge is -2.05. The third-order valence-corrected chi connectivity index (χ3v) is 2.66. The molecule has 0 aromatic heterocycles. The molecular formula is C14H14O3. The van der Waals surface area contributed by atoms with Gasteiger partial charge >= 0.3 is 0 Å². The van der Waals surface area contributed by atoms with E-state index in [1.165, 1.54) is 6.07 Å². The number of phenolic OH excluding ortho intramolecular Hbond substituents is 3. The summed E-state index contributed by atoms with van der Waals surface area (Å²) < 4.78 is 0. The van der Waals surface area contributed by atoms with Gasteiger partial charge in [-0.05, 0) is 42.2 Å². The van der Waals surface area contributed by atoms with Crippen molar-refractivity contribution in [1.29, 1.82) is 0 Å². The van der Waals surface area contributed by atoms with E-state index in [-0.39, 0.29) is 17.2 Å². The van der Waals surface area contributed by atoms with Crippen LogP contribution in [-0.2, 0) is 12.8 Å². The molecule has 0 saturated carbocycles. The van der Waals surface area contributed by atoms with E-state index in [4.69, 9.17) is 5.11 Å². The topological polar surface area (TPSA) is 60.7 Å². The third kappa shape index (κ3) is 2.91. The number of aryl methyl sites for hydroxylation is 2. The fourth-order valence-corrected chi connectivity index (χ4v) is 1.75. The SMILES string of the molecule is Oc1cccc(CCc2ccc(O)cc2O)c1. The van der Waals surface area contributed by atoms with Crippen molar-refractivity contribution in [2.24, 2.45) is 0 Å². The van der Waals surface area contributed by atoms with E-state index in [1.807, 2.05) is 6.07 Å². The lowest BCUT2D eigenvalue weighted by molar-refractivity contribution is 0.446. The van der Waals surface area contributed by atoms with Gasteiger partial charge in [0.1, 0.15) is 17.2 Å². The summed E-state index contributed by atoms with van der Waals surface area (Å²) in [5.74, 6) is 0.409. The van der Waals surface area contributed by atoms with Crippen molar-refractivity contribution in [1.82, 2.24) is 0 Å². The van der Waals surface area contributed by atoms with Crippen LogP contribution in [0.2, 0.25) is 0 Å². The Labute approximate surface area is 99.6 Å². The van der Waals surface area contributed by atoms with E-state index >= 15 is 0 Å². The van der Waals surface area contributed by atoms with E-state index < -0.39 is 0 Å². The molecule has 0 radical (unpaired) electrons. The van der Waals surface area contributed by atoms with Crippen molar-refractivity contribution in [3.05, 3.63) is 53.6 Å². The van der Waals surface area contributed by atoms with Gasteiger partial charge in [-0.3, -0.25) is 0 Å². The van der Waals surface area contributed by atoms with Gasteiger partial charge in [-0.1, -0.05) is 18.2 Å². The summed E-state index contributed by atoms with van der Waals surface area (Å²) in [6, 6.07) is 11.6. The Morgan fingerprint density at radius 3 is 2.24 bits per heavy atom. The molecule has 2 aromatic rings. The maximum Gasteiger partial charge on any atom is 0.122 e. The second kappa shape index (κ2) is 4.78. The van der Waals surface area contributed by atoms with E-state index in [2.05, 4.69) is 0 Å². The van der Waals surface area contributed by atoms with Crippen LogP contribution >= 0.6 is 0 Å². The highest BCUT2D eigenvalue weighted by Gasteiger charge is 2.03. The zero-order valence-electron chi connectivity index (χ0n) is 9.30. The molecule has 0 spiro atoms. The Morgan fingerprint density at radius 2 is 1.53 bits per heavy atom. The standard InChI is InChI=1S/C14H14O3/c15-12-3-1-2-10(8-12)4-5-11-6-7-13(16)9-14(11)17/h1-3,6-9,15-17H,4-5H2. The first-order chi connectivity index (χ1) is 8.15. The molecule has 0 atom stereocenters. The minimum absolute atomic E-state index is 0.0589. The number of hydrogen-bond donors (Lipinski definition) is 3. The van der Waals surface area contributed by atoms with E-state index in [0.717, 1.165) is 17.5 Å². The molecule has 88 valence electrons. The van der Waals surface area contributed by atoms with Crippen LogP contribution in [0.1, 0.15) is 11.1 Å². The summed E-state index contributed by atoms with van der Waals surface area (Å²) in [4.78, 5) is 0. The highest BCUT2D eigenvalue weighted by atomic mass is 16.3. The van der Waals surface area contributed by atoms with Crippen LogP contribution in [-0.4, -0.2) is 15.3 Å². The molecule has 0 aliphatic carbocycles. The van der Waals surface area contributed by atoms with Gasteiger partial charge in [0.15, 0.2) is 0 Å². The average Bonchev–Trinajstić information content (AvgIpc) is 2.28. The quantitative estimate of drug-likeness (QED) is 0.759. The minimum atomic E-state index is 0.0589. The van der Waals surface area contributed by atoms with Gasteiger partial charge in [-0.2, -0.15) is 0 Å². The van der Waals surface area contributed by atoms with E-state index in [9.17, 15) is 10.2 Å². The zero-order chi connectivity index (χ0) is 12.3. The monoisotopic (exact) mass is 230 g/mol. The molecule has 17 heavy (non-hydrogen) atoms. The zero-order valence-corrected chi connectivity index (χ0v) is 9.30. The molecule has 0 unspecified atom stereocenters. The van der Waals surface area contributed by atoms with Crippen molar-refractivity contribution >= 4 is 0 Å². The molecule has 0 amide bonds. The highest BCUT2D eigenvalue weighted by Crippen LogP contribution is 2.24. The van der Waals surface area contributed by atoms with Crippen LogP contribution in [0.5, 0.6) is 17.2 Å². The molecule has 0 fully saturated rings. The number of hydrogen-bond acceptors (Lipinski definition) is 3. The molecule has 2 rings (SSSR count). The Morgan fingerprint density at radius 1 is 0.765 bits per heavy atom. The van der Waals surface area contributed by atoms with Crippen LogP contribution in [0.3, 0.4) is 0 Å². The molecule has 0 bridgehead atoms. The van der Waals surface area contributed by atoms with Gasteiger partial charge in [-0.15, -0.1) is 0 Å². The Hall–Kier alpha value is -2.16. The van der Waals surface area contributed by atoms with Gasteiger partial charge < -0.3 is 15.3 Å². The number of rotatable bonds is 3. The summed E-state index contributed by atoms with van der Waals surface area (Å²) in [6.07, 6.45) is 1.39. The van der Waals surface area contributed by atoms with Gasteiger partial charge in [0, 0.05) is 6.07 Å². The summed E-state index contributed by atoms with van der Waals surface area (Å²) in [7, 11) is 0. The van der Waals surface area contributed by atoms with Crippen molar-refractivity contribution in [3.63, 3.8) is 0 Å². The first-order valence-electron chi connectivity index (χ1n) is 5.44. The second-order valence-corrected chi connectivity index (χ2v) is 3.98. The molecule has 0 aliphatic heterocycles. The summed E-state index contributed by atoms with van der Waals surface area (Å²) in [5, 5.41) is 28.1. The molecule has 0 saturated heterocycles. The predicted molar refractivity (Wildman–Crippen MR) is 65.3 cm³/mol. The second-order valence-electron chi connectivity index (χ2n) is 3.98. The van der Waals surface area contributed by atoms with Gasteiger partial charge in [0.25, 0.3) is 0 Å². The smallest absolute Gasteiger partial charge is 0.122 e. The molecule has 0 heterocycles. The van der Waals surface area contributed by atoms with E-state index in [0.29, 0.717) is 6.42 Å².